The van der Waals surface area contributed by atoms with Crippen LogP contribution in [0, 0.1) is 0 Å². The first-order valence-corrected chi connectivity index (χ1v) is 5.00. The molecule has 1 aromatic carbocycles. The van der Waals surface area contributed by atoms with Crippen LogP contribution in [0.2, 0.25) is 0 Å². The molecule has 0 heterocycles. The van der Waals surface area contributed by atoms with Gasteiger partial charge in [0.05, 0.1) is 0 Å². The molecule has 0 aromatic heterocycles. The summed E-state index contributed by atoms with van der Waals surface area (Å²) in [5.41, 5.74) is 0.605. The van der Waals surface area contributed by atoms with Crippen molar-refractivity contribution in [1.82, 2.24) is 10.6 Å². The summed E-state index contributed by atoms with van der Waals surface area (Å²) in [6, 6.07) is 8.88. The Morgan fingerprint density at radius 2 is 1.69 bits per heavy atom. The minimum atomic E-state index is -1.05. The van der Waals surface area contributed by atoms with Gasteiger partial charge in [-0.1, -0.05) is 18.2 Å². The number of rotatable bonds is 5. The van der Waals surface area contributed by atoms with Crippen LogP contribution in [-0.2, 0) is 0 Å². The number of amides is 2. The third kappa shape index (κ3) is 4.45. The van der Waals surface area contributed by atoms with Gasteiger partial charge in [0.1, 0.15) is 0 Å². The summed E-state index contributed by atoms with van der Waals surface area (Å²) in [6.45, 7) is 0.790. The fraction of sp³-hybridized carbons (Fsp3) is 0.273. The van der Waals surface area contributed by atoms with Crippen LogP contribution in [0.1, 0.15) is 16.8 Å². The Morgan fingerprint density at radius 3 is 2.31 bits per heavy atom. The van der Waals surface area contributed by atoms with Crippen LogP contribution in [0.3, 0.4) is 0 Å². The maximum absolute atomic E-state index is 11.5. The molecule has 2 amide bonds. The second kappa shape index (κ2) is 6.44. The Hall–Kier alpha value is -2.04. The van der Waals surface area contributed by atoms with Crippen LogP contribution in [0.15, 0.2) is 30.3 Å². The molecule has 0 aliphatic heterocycles. The van der Waals surface area contributed by atoms with Crippen molar-refractivity contribution in [2.24, 2.45) is 0 Å². The zero-order valence-electron chi connectivity index (χ0n) is 8.77. The molecule has 0 spiro atoms. The molecule has 0 aliphatic rings. The maximum atomic E-state index is 11.5. The normalized spacial score (nSPS) is 9.50. The minimum Gasteiger partial charge on any atom is -0.465 e. The summed E-state index contributed by atoms with van der Waals surface area (Å²) in [5, 5.41) is 13.2. The number of carbonyl (C=O) groups excluding carboxylic acids is 1. The van der Waals surface area contributed by atoms with Crippen LogP contribution in [0.25, 0.3) is 0 Å². The average molecular weight is 222 g/mol. The first-order chi connectivity index (χ1) is 7.70. The molecule has 0 bridgehead atoms. The minimum absolute atomic E-state index is 0.143. The lowest BCUT2D eigenvalue weighted by Crippen LogP contribution is -2.29. The van der Waals surface area contributed by atoms with E-state index in [1.807, 2.05) is 6.07 Å². The highest BCUT2D eigenvalue weighted by atomic mass is 16.4. The Bertz CT molecular complexity index is 352. The second-order valence-electron chi connectivity index (χ2n) is 3.21. The van der Waals surface area contributed by atoms with Crippen molar-refractivity contribution >= 4 is 12.0 Å². The lowest BCUT2D eigenvalue weighted by molar-refractivity contribution is 0.0953. The van der Waals surface area contributed by atoms with Gasteiger partial charge in [-0.25, -0.2) is 4.79 Å². The smallest absolute Gasteiger partial charge is 0.404 e. The lowest BCUT2D eigenvalue weighted by atomic mass is 10.2. The largest absolute Gasteiger partial charge is 0.465 e. The molecule has 0 atom stereocenters. The van der Waals surface area contributed by atoms with Gasteiger partial charge in [-0.15, -0.1) is 0 Å². The van der Waals surface area contributed by atoms with E-state index in [0.29, 0.717) is 25.1 Å². The number of nitrogens with one attached hydrogen (secondary N) is 2. The standard InChI is InChI=1S/C11H14N2O3/c14-10(9-5-2-1-3-6-9)12-7-4-8-13-11(15)16/h1-3,5-6,13H,4,7-8H2,(H,12,14)(H,15,16). The Kier molecular flexibility index (Phi) is 4.85. The van der Waals surface area contributed by atoms with E-state index in [1.165, 1.54) is 0 Å². The summed E-state index contributed by atoms with van der Waals surface area (Å²) < 4.78 is 0. The average Bonchev–Trinajstić information content (AvgIpc) is 2.29. The van der Waals surface area contributed by atoms with Gasteiger partial charge in [0.2, 0.25) is 0 Å². The van der Waals surface area contributed by atoms with E-state index in [1.54, 1.807) is 24.3 Å². The number of hydrogen-bond donors (Lipinski definition) is 3. The highest BCUT2D eigenvalue weighted by molar-refractivity contribution is 5.94. The van der Waals surface area contributed by atoms with E-state index < -0.39 is 6.09 Å². The molecular weight excluding hydrogens is 208 g/mol. The van der Waals surface area contributed by atoms with Crippen molar-refractivity contribution in [2.45, 2.75) is 6.42 Å². The molecule has 5 nitrogen and oxygen atoms in total. The van der Waals surface area contributed by atoms with E-state index in [-0.39, 0.29) is 5.91 Å². The molecule has 3 N–H and O–H groups in total. The van der Waals surface area contributed by atoms with Crippen LogP contribution in [0.4, 0.5) is 4.79 Å². The SMILES string of the molecule is O=C(O)NCCCNC(=O)c1ccccc1. The van der Waals surface area contributed by atoms with Crippen LogP contribution < -0.4 is 10.6 Å². The van der Waals surface area contributed by atoms with Crippen molar-refractivity contribution in [3.05, 3.63) is 35.9 Å². The molecule has 0 fully saturated rings. The molecule has 0 unspecified atom stereocenters. The lowest BCUT2D eigenvalue weighted by Gasteiger charge is -2.04. The first kappa shape index (κ1) is 12.0. The van der Waals surface area contributed by atoms with Crippen LogP contribution >= 0.6 is 0 Å². The summed E-state index contributed by atoms with van der Waals surface area (Å²) in [6.07, 6.45) is -0.473. The third-order valence-corrected chi connectivity index (χ3v) is 1.95. The van der Waals surface area contributed by atoms with Gasteiger partial charge in [-0.2, -0.15) is 0 Å². The van der Waals surface area contributed by atoms with Gasteiger partial charge in [-0.05, 0) is 18.6 Å². The van der Waals surface area contributed by atoms with E-state index >= 15 is 0 Å². The molecule has 0 saturated heterocycles. The van der Waals surface area contributed by atoms with Gasteiger partial charge >= 0.3 is 6.09 Å². The molecule has 5 heteroatoms. The molecule has 1 rings (SSSR count). The number of carboxylic acid groups (broad SMARTS) is 1. The summed E-state index contributed by atoms with van der Waals surface area (Å²) in [5.74, 6) is -0.143. The molecule has 0 radical (unpaired) electrons. The summed E-state index contributed by atoms with van der Waals surface area (Å²) in [7, 11) is 0. The maximum Gasteiger partial charge on any atom is 0.404 e. The summed E-state index contributed by atoms with van der Waals surface area (Å²) >= 11 is 0. The molecule has 16 heavy (non-hydrogen) atoms. The monoisotopic (exact) mass is 222 g/mol. The topological polar surface area (TPSA) is 78.4 Å². The van der Waals surface area contributed by atoms with E-state index in [9.17, 15) is 9.59 Å². The van der Waals surface area contributed by atoms with E-state index in [4.69, 9.17) is 5.11 Å². The molecule has 0 aliphatic carbocycles. The predicted octanol–water partition coefficient (Wildman–Crippen LogP) is 1.07. The predicted molar refractivity (Wildman–Crippen MR) is 59.4 cm³/mol. The van der Waals surface area contributed by atoms with Crippen molar-refractivity contribution in [1.29, 1.82) is 0 Å². The number of carbonyl (C=O) groups is 2. The molecule has 0 saturated carbocycles. The van der Waals surface area contributed by atoms with Crippen molar-refractivity contribution in [2.75, 3.05) is 13.1 Å². The third-order valence-electron chi connectivity index (χ3n) is 1.95. The van der Waals surface area contributed by atoms with E-state index in [0.717, 1.165) is 0 Å². The van der Waals surface area contributed by atoms with Gasteiger partial charge in [0, 0.05) is 18.7 Å². The first-order valence-electron chi connectivity index (χ1n) is 5.00. The van der Waals surface area contributed by atoms with Gasteiger partial charge in [-0.3, -0.25) is 4.79 Å². The van der Waals surface area contributed by atoms with Gasteiger partial charge in [0.15, 0.2) is 0 Å². The molecular formula is C11H14N2O3. The zero-order chi connectivity index (χ0) is 11.8. The Morgan fingerprint density at radius 1 is 1.06 bits per heavy atom. The zero-order valence-corrected chi connectivity index (χ0v) is 8.77. The van der Waals surface area contributed by atoms with Gasteiger partial charge in [0.25, 0.3) is 5.91 Å². The number of benzene rings is 1. The Labute approximate surface area is 93.5 Å². The van der Waals surface area contributed by atoms with Crippen LogP contribution in [-0.4, -0.2) is 30.2 Å². The Balaban J connectivity index is 2.19. The fourth-order valence-electron chi connectivity index (χ4n) is 1.18. The van der Waals surface area contributed by atoms with Crippen LogP contribution in [0.5, 0.6) is 0 Å². The van der Waals surface area contributed by atoms with Crippen molar-refractivity contribution in [3.8, 4) is 0 Å². The van der Waals surface area contributed by atoms with E-state index in [2.05, 4.69) is 10.6 Å². The fourth-order valence-corrected chi connectivity index (χ4v) is 1.18. The van der Waals surface area contributed by atoms with Crippen molar-refractivity contribution in [3.63, 3.8) is 0 Å². The second-order valence-corrected chi connectivity index (χ2v) is 3.21. The summed E-state index contributed by atoms with van der Waals surface area (Å²) in [4.78, 5) is 21.6. The quantitative estimate of drug-likeness (QED) is 0.652. The van der Waals surface area contributed by atoms with Gasteiger partial charge < -0.3 is 15.7 Å². The highest BCUT2D eigenvalue weighted by Crippen LogP contribution is 1.97. The highest BCUT2D eigenvalue weighted by Gasteiger charge is 2.02. The molecule has 86 valence electrons. The molecule has 1 aromatic rings. The van der Waals surface area contributed by atoms with Crippen molar-refractivity contribution < 1.29 is 14.7 Å². The number of hydrogen-bond acceptors (Lipinski definition) is 2.